The first-order chi connectivity index (χ1) is 5.40. The molecule has 0 spiro atoms. The summed E-state index contributed by atoms with van der Waals surface area (Å²) in [6, 6.07) is 3.88. The zero-order chi connectivity index (χ0) is 7.68. The van der Waals surface area contributed by atoms with E-state index in [1.165, 1.54) is 12.8 Å². The second-order valence-corrected chi connectivity index (χ2v) is 2.92. The number of rotatable bonds is 2. The molecule has 0 aromatic carbocycles. The molecule has 2 rings (SSSR count). The molecule has 0 amide bonds. The van der Waals surface area contributed by atoms with Gasteiger partial charge in [-0.25, -0.2) is 0 Å². The molecule has 0 saturated heterocycles. The van der Waals surface area contributed by atoms with Gasteiger partial charge in [0.25, 0.3) is 0 Å². The van der Waals surface area contributed by atoms with E-state index in [9.17, 15) is 0 Å². The van der Waals surface area contributed by atoms with Gasteiger partial charge >= 0.3 is 0 Å². The van der Waals surface area contributed by atoms with Crippen LogP contribution in [0, 0.1) is 6.61 Å². The van der Waals surface area contributed by atoms with E-state index in [4.69, 9.17) is 5.11 Å². The molecular weight excluding hydrogens is 138 g/mol. The van der Waals surface area contributed by atoms with Gasteiger partial charge in [0.05, 0.1) is 0 Å². The van der Waals surface area contributed by atoms with E-state index >= 15 is 0 Å². The first-order valence-electron chi connectivity index (χ1n) is 3.83. The van der Waals surface area contributed by atoms with Crippen molar-refractivity contribution in [3.8, 4) is 0 Å². The van der Waals surface area contributed by atoms with E-state index in [1.807, 2.05) is 12.1 Å². The van der Waals surface area contributed by atoms with Crippen molar-refractivity contribution in [3.05, 3.63) is 36.2 Å². The molecule has 1 radical (unpaired) electrons. The van der Waals surface area contributed by atoms with Gasteiger partial charge in [0.2, 0.25) is 0 Å². The minimum atomic E-state index is 0.697. The average Bonchev–Trinajstić information content (AvgIpc) is 2.87. The standard InChI is InChI=1S/C9H10NO/c11-6-7-1-4-9(10-5-7)8-2-3-8/h1,4-6,8,11H,2-3H2. The van der Waals surface area contributed by atoms with Crippen LogP contribution in [0.2, 0.25) is 0 Å². The third-order valence-electron chi connectivity index (χ3n) is 1.95. The maximum atomic E-state index is 8.62. The van der Waals surface area contributed by atoms with Crippen LogP contribution in [0.4, 0.5) is 0 Å². The van der Waals surface area contributed by atoms with Crippen LogP contribution in [0.1, 0.15) is 30.0 Å². The molecular formula is C9H10NO. The van der Waals surface area contributed by atoms with Crippen LogP contribution >= 0.6 is 0 Å². The molecule has 1 aromatic rings. The number of aliphatic hydroxyl groups is 1. The average molecular weight is 148 g/mol. The monoisotopic (exact) mass is 148 g/mol. The van der Waals surface area contributed by atoms with Gasteiger partial charge in [0.15, 0.2) is 0 Å². The topological polar surface area (TPSA) is 33.1 Å². The highest BCUT2D eigenvalue weighted by molar-refractivity contribution is 5.22. The number of pyridine rings is 1. The van der Waals surface area contributed by atoms with Crippen LogP contribution in [-0.2, 0) is 0 Å². The smallest absolute Gasteiger partial charge is 0.111 e. The lowest BCUT2D eigenvalue weighted by atomic mass is 10.2. The lowest BCUT2D eigenvalue weighted by Gasteiger charge is -1.97. The molecule has 1 fully saturated rings. The zero-order valence-electron chi connectivity index (χ0n) is 6.20. The lowest BCUT2D eigenvalue weighted by molar-refractivity contribution is 0.414. The normalized spacial score (nSPS) is 16.8. The second kappa shape index (κ2) is 2.62. The van der Waals surface area contributed by atoms with Crippen molar-refractivity contribution in [2.75, 3.05) is 0 Å². The maximum absolute atomic E-state index is 8.62. The van der Waals surface area contributed by atoms with Crippen LogP contribution in [0.5, 0.6) is 0 Å². The molecule has 1 heterocycles. The highest BCUT2D eigenvalue weighted by Crippen LogP contribution is 2.38. The quantitative estimate of drug-likeness (QED) is 0.694. The van der Waals surface area contributed by atoms with Crippen molar-refractivity contribution in [2.45, 2.75) is 18.8 Å². The van der Waals surface area contributed by atoms with Crippen LogP contribution in [0.3, 0.4) is 0 Å². The van der Waals surface area contributed by atoms with Crippen LogP contribution in [0.15, 0.2) is 18.3 Å². The predicted molar refractivity (Wildman–Crippen MR) is 41.5 cm³/mol. The van der Waals surface area contributed by atoms with Crippen LogP contribution in [-0.4, -0.2) is 10.1 Å². The number of hydrogen-bond donors (Lipinski definition) is 1. The fraction of sp³-hybridized carbons (Fsp3) is 0.333. The first kappa shape index (κ1) is 6.80. The third-order valence-corrected chi connectivity index (χ3v) is 1.95. The largest absolute Gasteiger partial charge is 0.385 e. The number of aliphatic hydroxyl groups excluding tert-OH is 1. The maximum Gasteiger partial charge on any atom is 0.111 e. The third kappa shape index (κ3) is 1.40. The Kier molecular flexibility index (Phi) is 1.62. The molecule has 0 aliphatic heterocycles. The molecule has 1 saturated carbocycles. The van der Waals surface area contributed by atoms with E-state index in [1.54, 1.807) is 6.20 Å². The Bertz CT molecular complexity index is 238. The first-order valence-corrected chi connectivity index (χ1v) is 3.83. The highest BCUT2D eigenvalue weighted by atomic mass is 16.3. The molecule has 11 heavy (non-hydrogen) atoms. The van der Waals surface area contributed by atoms with Crippen molar-refractivity contribution in [1.29, 1.82) is 0 Å². The van der Waals surface area contributed by atoms with Crippen molar-refractivity contribution in [3.63, 3.8) is 0 Å². The van der Waals surface area contributed by atoms with Crippen molar-refractivity contribution in [1.82, 2.24) is 4.98 Å². The Morgan fingerprint density at radius 3 is 2.73 bits per heavy atom. The Balaban J connectivity index is 2.19. The fourth-order valence-electron chi connectivity index (χ4n) is 1.11. The van der Waals surface area contributed by atoms with Gasteiger partial charge in [-0.15, -0.1) is 0 Å². The Morgan fingerprint density at radius 1 is 1.45 bits per heavy atom. The second-order valence-electron chi connectivity index (χ2n) is 2.92. The minimum absolute atomic E-state index is 0.697. The van der Waals surface area contributed by atoms with E-state index in [2.05, 4.69) is 4.98 Å². The van der Waals surface area contributed by atoms with Gasteiger partial charge in [-0.05, 0) is 18.9 Å². The molecule has 0 unspecified atom stereocenters. The van der Waals surface area contributed by atoms with Crippen LogP contribution in [0.25, 0.3) is 0 Å². The zero-order valence-corrected chi connectivity index (χ0v) is 6.20. The molecule has 1 aromatic heterocycles. The molecule has 0 atom stereocenters. The van der Waals surface area contributed by atoms with E-state index < -0.39 is 0 Å². The summed E-state index contributed by atoms with van der Waals surface area (Å²) in [6.45, 7) is 1.07. The van der Waals surface area contributed by atoms with Crippen molar-refractivity contribution >= 4 is 0 Å². The molecule has 1 N–H and O–H groups in total. The Morgan fingerprint density at radius 2 is 2.27 bits per heavy atom. The summed E-state index contributed by atoms with van der Waals surface area (Å²) >= 11 is 0. The number of hydrogen-bond acceptors (Lipinski definition) is 2. The van der Waals surface area contributed by atoms with Gasteiger partial charge in [0, 0.05) is 23.4 Å². The summed E-state index contributed by atoms with van der Waals surface area (Å²) in [6.07, 6.45) is 4.25. The fourth-order valence-corrected chi connectivity index (χ4v) is 1.11. The molecule has 1 aliphatic carbocycles. The van der Waals surface area contributed by atoms with Gasteiger partial charge in [-0.1, -0.05) is 6.07 Å². The minimum Gasteiger partial charge on any atom is -0.385 e. The summed E-state index contributed by atoms with van der Waals surface area (Å²) in [7, 11) is 0. The molecule has 1 aliphatic rings. The summed E-state index contributed by atoms with van der Waals surface area (Å²) in [5.74, 6) is 0.697. The van der Waals surface area contributed by atoms with E-state index in [0.717, 1.165) is 17.9 Å². The molecule has 2 nitrogen and oxygen atoms in total. The van der Waals surface area contributed by atoms with E-state index in [-0.39, 0.29) is 0 Å². The molecule has 0 bridgehead atoms. The van der Waals surface area contributed by atoms with E-state index in [0.29, 0.717) is 5.92 Å². The highest BCUT2D eigenvalue weighted by Gasteiger charge is 2.24. The van der Waals surface area contributed by atoms with Crippen LogP contribution < -0.4 is 0 Å². The Labute approximate surface area is 65.9 Å². The molecule has 2 heteroatoms. The van der Waals surface area contributed by atoms with Crippen molar-refractivity contribution < 1.29 is 5.11 Å². The van der Waals surface area contributed by atoms with Gasteiger partial charge in [0.1, 0.15) is 6.61 Å². The predicted octanol–water partition coefficient (Wildman–Crippen LogP) is 1.84. The summed E-state index contributed by atoms with van der Waals surface area (Å²) < 4.78 is 0. The van der Waals surface area contributed by atoms with Gasteiger partial charge in [-0.3, -0.25) is 4.98 Å². The SMILES string of the molecule is O[CH]c1ccc(C2CC2)nc1. The van der Waals surface area contributed by atoms with Gasteiger partial charge in [-0.2, -0.15) is 0 Å². The number of aromatic nitrogens is 1. The lowest BCUT2D eigenvalue weighted by Crippen LogP contribution is -1.87. The number of nitrogens with zero attached hydrogens (tertiary/aromatic N) is 1. The Hall–Kier alpha value is -0.890. The summed E-state index contributed by atoms with van der Waals surface area (Å²) in [5, 5.41) is 8.62. The summed E-state index contributed by atoms with van der Waals surface area (Å²) in [4.78, 5) is 4.22. The van der Waals surface area contributed by atoms with Gasteiger partial charge < -0.3 is 5.11 Å². The summed E-state index contributed by atoms with van der Waals surface area (Å²) in [5.41, 5.74) is 1.94. The van der Waals surface area contributed by atoms with Crippen molar-refractivity contribution in [2.24, 2.45) is 0 Å². The molecule has 57 valence electrons.